The van der Waals surface area contributed by atoms with E-state index in [9.17, 15) is 0 Å². The number of rotatable bonds is 4. The van der Waals surface area contributed by atoms with Crippen molar-refractivity contribution in [3.05, 3.63) is 23.3 Å². The van der Waals surface area contributed by atoms with E-state index in [1.165, 1.54) is 17.5 Å². The molecule has 0 fully saturated rings. The zero-order valence-corrected chi connectivity index (χ0v) is 10.2. The van der Waals surface area contributed by atoms with E-state index in [1.807, 2.05) is 13.1 Å². The van der Waals surface area contributed by atoms with Gasteiger partial charge in [-0.05, 0) is 37.4 Å². The Morgan fingerprint density at radius 1 is 1.31 bits per heavy atom. The molecule has 88 valence electrons. The zero-order valence-electron chi connectivity index (χ0n) is 10.2. The summed E-state index contributed by atoms with van der Waals surface area (Å²) in [5.41, 5.74) is 2.73. The van der Waals surface area contributed by atoms with Crippen molar-refractivity contribution < 1.29 is 9.47 Å². The summed E-state index contributed by atoms with van der Waals surface area (Å²) in [7, 11) is 5.40. The van der Waals surface area contributed by atoms with E-state index in [4.69, 9.17) is 9.47 Å². The van der Waals surface area contributed by atoms with Crippen LogP contribution in [0.25, 0.3) is 0 Å². The Bertz CT molecular complexity index is 376. The summed E-state index contributed by atoms with van der Waals surface area (Å²) >= 11 is 0. The van der Waals surface area contributed by atoms with Crippen LogP contribution in [0.15, 0.2) is 12.1 Å². The van der Waals surface area contributed by atoms with Crippen molar-refractivity contribution in [2.45, 2.75) is 18.8 Å². The van der Waals surface area contributed by atoms with Gasteiger partial charge in [0.15, 0.2) is 11.5 Å². The molecule has 16 heavy (non-hydrogen) atoms. The average Bonchev–Trinajstić information content (AvgIpc) is 2.72. The Morgan fingerprint density at radius 3 is 2.75 bits per heavy atom. The Balaban J connectivity index is 2.39. The van der Waals surface area contributed by atoms with E-state index in [2.05, 4.69) is 11.4 Å². The van der Waals surface area contributed by atoms with Gasteiger partial charge in [0.2, 0.25) is 0 Å². The van der Waals surface area contributed by atoms with Gasteiger partial charge in [-0.3, -0.25) is 0 Å². The van der Waals surface area contributed by atoms with Crippen molar-refractivity contribution in [2.24, 2.45) is 0 Å². The van der Waals surface area contributed by atoms with Crippen LogP contribution in [0.5, 0.6) is 11.5 Å². The standard InChI is InChI=1S/C13H19NO2/c1-14-8-9-4-5-11-10(9)6-7-12(15-2)13(11)16-3/h6-7,9,14H,4-5,8H2,1-3H3. The van der Waals surface area contributed by atoms with Crippen LogP contribution < -0.4 is 14.8 Å². The molecule has 2 rings (SSSR count). The van der Waals surface area contributed by atoms with Crippen LogP contribution in [-0.4, -0.2) is 27.8 Å². The molecule has 3 heteroatoms. The van der Waals surface area contributed by atoms with Gasteiger partial charge in [0.1, 0.15) is 0 Å². The SMILES string of the molecule is CNCC1CCc2c1ccc(OC)c2OC. The van der Waals surface area contributed by atoms with Crippen molar-refractivity contribution in [2.75, 3.05) is 27.8 Å². The monoisotopic (exact) mass is 221 g/mol. The largest absolute Gasteiger partial charge is 0.493 e. The molecule has 0 bridgehead atoms. The molecule has 1 atom stereocenters. The molecule has 0 aromatic heterocycles. The third-order valence-electron chi connectivity index (χ3n) is 3.32. The minimum absolute atomic E-state index is 0.611. The van der Waals surface area contributed by atoms with Crippen LogP contribution in [0, 0.1) is 0 Å². The Morgan fingerprint density at radius 2 is 2.12 bits per heavy atom. The Kier molecular flexibility index (Phi) is 3.34. The van der Waals surface area contributed by atoms with Crippen molar-refractivity contribution in [1.29, 1.82) is 0 Å². The maximum Gasteiger partial charge on any atom is 0.164 e. The number of fused-ring (bicyclic) bond motifs is 1. The number of likely N-dealkylation sites (N-methyl/N-ethyl adjacent to an activating group) is 1. The van der Waals surface area contributed by atoms with E-state index in [0.717, 1.165) is 24.5 Å². The summed E-state index contributed by atoms with van der Waals surface area (Å²) in [6.45, 7) is 1.03. The van der Waals surface area contributed by atoms with Gasteiger partial charge in [-0.1, -0.05) is 6.07 Å². The van der Waals surface area contributed by atoms with E-state index >= 15 is 0 Å². The van der Waals surface area contributed by atoms with Crippen molar-refractivity contribution in [3.8, 4) is 11.5 Å². The van der Waals surface area contributed by atoms with Crippen molar-refractivity contribution in [1.82, 2.24) is 5.32 Å². The maximum atomic E-state index is 5.46. The Labute approximate surface area is 96.8 Å². The van der Waals surface area contributed by atoms with Gasteiger partial charge in [0.05, 0.1) is 14.2 Å². The predicted molar refractivity (Wildman–Crippen MR) is 64.5 cm³/mol. The summed E-state index contributed by atoms with van der Waals surface area (Å²) in [6, 6.07) is 4.18. The van der Waals surface area contributed by atoms with Gasteiger partial charge in [-0.2, -0.15) is 0 Å². The fraction of sp³-hybridized carbons (Fsp3) is 0.538. The number of ether oxygens (including phenoxy) is 2. The first-order chi connectivity index (χ1) is 7.81. The minimum atomic E-state index is 0.611. The highest BCUT2D eigenvalue weighted by molar-refractivity contribution is 5.54. The number of nitrogens with one attached hydrogen (secondary N) is 1. The molecule has 0 radical (unpaired) electrons. The predicted octanol–water partition coefficient (Wildman–Crippen LogP) is 1.95. The van der Waals surface area contributed by atoms with Crippen LogP contribution in [0.2, 0.25) is 0 Å². The molecule has 1 N–H and O–H groups in total. The third-order valence-corrected chi connectivity index (χ3v) is 3.32. The number of hydrogen-bond acceptors (Lipinski definition) is 3. The lowest BCUT2D eigenvalue weighted by Gasteiger charge is -2.14. The Hall–Kier alpha value is -1.22. The topological polar surface area (TPSA) is 30.5 Å². The van der Waals surface area contributed by atoms with Gasteiger partial charge in [-0.15, -0.1) is 0 Å². The molecule has 0 amide bonds. The number of methoxy groups -OCH3 is 2. The molecule has 1 unspecified atom stereocenters. The fourth-order valence-corrected chi connectivity index (χ4v) is 2.58. The molecule has 0 saturated carbocycles. The first-order valence-corrected chi connectivity index (χ1v) is 5.70. The number of benzene rings is 1. The van der Waals surface area contributed by atoms with Crippen molar-refractivity contribution >= 4 is 0 Å². The van der Waals surface area contributed by atoms with E-state index in [1.54, 1.807) is 14.2 Å². The highest BCUT2D eigenvalue weighted by atomic mass is 16.5. The lowest BCUT2D eigenvalue weighted by atomic mass is 10.0. The molecule has 1 aromatic rings. The van der Waals surface area contributed by atoms with Gasteiger partial charge in [0.25, 0.3) is 0 Å². The minimum Gasteiger partial charge on any atom is -0.493 e. The molecule has 1 aliphatic carbocycles. The molecular weight excluding hydrogens is 202 g/mol. The van der Waals surface area contributed by atoms with Gasteiger partial charge < -0.3 is 14.8 Å². The maximum absolute atomic E-state index is 5.46. The second-order valence-electron chi connectivity index (χ2n) is 4.16. The van der Waals surface area contributed by atoms with Crippen LogP contribution in [-0.2, 0) is 6.42 Å². The van der Waals surface area contributed by atoms with Gasteiger partial charge in [-0.25, -0.2) is 0 Å². The zero-order chi connectivity index (χ0) is 11.5. The first-order valence-electron chi connectivity index (χ1n) is 5.70. The van der Waals surface area contributed by atoms with E-state index in [0.29, 0.717) is 5.92 Å². The normalized spacial score (nSPS) is 18.3. The second-order valence-corrected chi connectivity index (χ2v) is 4.16. The molecular formula is C13H19NO2. The second kappa shape index (κ2) is 4.74. The summed E-state index contributed by atoms with van der Waals surface area (Å²) in [6.07, 6.45) is 2.28. The molecule has 1 aliphatic rings. The van der Waals surface area contributed by atoms with Crippen LogP contribution in [0.1, 0.15) is 23.5 Å². The molecule has 0 spiro atoms. The van der Waals surface area contributed by atoms with Crippen molar-refractivity contribution in [3.63, 3.8) is 0 Å². The van der Waals surface area contributed by atoms with Crippen LogP contribution >= 0.6 is 0 Å². The van der Waals surface area contributed by atoms with E-state index in [-0.39, 0.29) is 0 Å². The lowest BCUT2D eigenvalue weighted by Crippen LogP contribution is -2.15. The lowest BCUT2D eigenvalue weighted by molar-refractivity contribution is 0.352. The van der Waals surface area contributed by atoms with Gasteiger partial charge >= 0.3 is 0 Å². The quantitative estimate of drug-likeness (QED) is 0.843. The molecule has 0 heterocycles. The van der Waals surface area contributed by atoms with Crippen LogP contribution in [0.4, 0.5) is 0 Å². The summed E-state index contributed by atoms with van der Waals surface area (Å²) in [4.78, 5) is 0. The third kappa shape index (κ3) is 1.76. The van der Waals surface area contributed by atoms with Gasteiger partial charge in [0, 0.05) is 12.1 Å². The van der Waals surface area contributed by atoms with E-state index < -0.39 is 0 Å². The number of hydrogen-bond donors (Lipinski definition) is 1. The highest BCUT2D eigenvalue weighted by Gasteiger charge is 2.26. The summed E-state index contributed by atoms with van der Waals surface area (Å²) in [5, 5.41) is 3.24. The van der Waals surface area contributed by atoms with Crippen LogP contribution in [0.3, 0.4) is 0 Å². The molecule has 1 aromatic carbocycles. The summed E-state index contributed by atoms with van der Waals surface area (Å²) < 4.78 is 10.8. The molecule has 0 aliphatic heterocycles. The highest BCUT2D eigenvalue weighted by Crippen LogP contribution is 2.42. The average molecular weight is 221 g/mol. The smallest absolute Gasteiger partial charge is 0.164 e. The molecule has 0 saturated heterocycles. The fourth-order valence-electron chi connectivity index (χ4n) is 2.58. The first kappa shape index (κ1) is 11.3. The summed E-state index contributed by atoms with van der Waals surface area (Å²) in [5.74, 6) is 2.37. The molecule has 3 nitrogen and oxygen atoms in total.